The van der Waals surface area contributed by atoms with Gasteiger partial charge in [-0.05, 0) is 23.8 Å². The largest absolute Gasteiger partial charge is 0.332 e. The summed E-state index contributed by atoms with van der Waals surface area (Å²) in [6.07, 6.45) is 3.21. The summed E-state index contributed by atoms with van der Waals surface area (Å²) in [5.74, 6) is 0.256. The van der Waals surface area contributed by atoms with Crippen LogP contribution in [0.5, 0.6) is 0 Å². The third kappa shape index (κ3) is 3.71. The van der Waals surface area contributed by atoms with E-state index >= 15 is 0 Å². The van der Waals surface area contributed by atoms with Crippen LogP contribution in [0.25, 0.3) is 28.6 Å². The molecule has 0 fully saturated rings. The van der Waals surface area contributed by atoms with Gasteiger partial charge in [0.05, 0.1) is 0 Å². The van der Waals surface area contributed by atoms with Crippen LogP contribution in [0.2, 0.25) is 0 Å². The number of imidazole rings is 1. The number of anilines is 1. The number of amides is 1. The lowest BCUT2D eigenvalue weighted by Crippen LogP contribution is -2.37. The van der Waals surface area contributed by atoms with E-state index in [1.165, 1.54) is 17.7 Å². The number of carbonyl (C=O) groups is 1. The van der Waals surface area contributed by atoms with Crippen molar-refractivity contribution in [2.45, 2.75) is 0 Å². The highest BCUT2D eigenvalue weighted by atomic mass is 16.2. The summed E-state index contributed by atoms with van der Waals surface area (Å²) in [6.45, 7) is 0. The average Bonchev–Trinajstić information content (AvgIpc) is 3.13. The van der Waals surface area contributed by atoms with Gasteiger partial charge in [-0.2, -0.15) is 0 Å². The summed E-state index contributed by atoms with van der Waals surface area (Å²) in [4.78, 5) is 41.6. The number of hydrogen-bond donors (Lipinski definition) is 1. The zero-order valence-corrected chi connectivity index (χ0v) is 17.4. The maximum absolute atomic E-state index is 12.6. The van der Waals surface area contributed by atoms with Crippen molar-refractivity contribution >= 4 is 28.8 Å². The van der Waals surface area contributed by atoms with Crippen LogP contribution in [0.4, 0.5) is 5.69 Å². The molecular formula is C23H21N5O3. The number of aromatic nitrogens is 4. The number of nitrogens with one attached hydrogen (secondary N) is 1. The van der Waals surface area contributed by atoms with Crippen molar-refractivity contribution in [2.24, 2.45) is 21.1 Å². The van der Waals surface area contributed by atoms with E-state index in [1.807, 2.05) is 36.4 Å². The van der Waals surface area contributed by atoms with Gasteiger partial charge in [-0.15, -0.1) is 0 Å². The van der Waals surface area contributed by atoms with Gasteiger partial charge in [0.15, 0.2) is 11.2 Å². The number of rotatable bonds is 4. The van der Waals surface area contributed by atoms with E-state index in [2.05, 4.69) is 10.3 Å². The molecule has 1 N–H and O–H groups in total. The first-order valence-electron chi connectivity index (χ1n) is 9.64. The molecule has 156 valence electrons. The van der Waals surface area contributed by atoms with E-state index in [0.29, 0.717) is 28.2 Å². The zero-order valence-electron chi connectivity index (χ0n) is 17.4. The van der Waals surface area contributed by atoms with Crippen LogP contribution in [0.1, 0.15) is 5.56 Å². The fourth-order valence-electron chi connectivity index (χ4n) is 3.43. The Balaban J connectivity index is 1.67. The molecule has 0 saturated carbocycles. The first-order chi connectivity index (χ1) is 14.9. The van der Waals surface area contributed by atoms with E-state index in [4.69, 9.17) is 0 Å². The molecule has 0 aliphatic rings. The van der Waals surface area contributed by atoms with Gasteiger partial charge in [0, 0.05) is 38.5 Å². The van der Waals surface area contributed by atoms with Gasteiger partial charge in [-0.1, -0.05) is 42.5 Å². The standard InChI is InChI=1S/C23H21N5O3/c1-26-19-21(27(2)23(31)28(3)22(19)30)25-20(26)16-10-7-11-17(14-16)24-18(29)13-12-15-8-5-4-6-9-15/h4-14H,1-3H3,(H,24,29)/b13-12+. The molecule has 31 heavy (non-hydrogen) atoms. The number of carbonyl (C=O) groups excluding carboxylic acids is 1. The summed E-state index contributed by atoms with van der Waals surface area (Å²) < 4.78 is 4.07. The molecule has 0 unspecified atom stereocenters. The summed E-state index contributed by atoms with van der Waals surface area (Å²) in [6, 6.07) is 16.7. The average molecular weight is 415 g/mol. The second kappa shape index (κ2) is 7.91. The quantitative estimate of drug-likeness (QED) is 0.518. The molecule has 0 radical (unpaired) electrons. The van der Waals surface area contributed by atoms with Gasteiger partial charge in [0.1, 0.15) is 5.82 Å². The molecule has 0 saturated heterocycles. The topological polar surface area (TPSA) is 90.9 Å². The van der Waals surface area contributed by atoms with Gasteiger partial charge in [-0.25, -0.2) is 9.78 Å². The Kier molecular flexibility index (Phi) is 5.12. The van der Waals surface area contributed by atoms with E-state index in [0.717, 1.165) is 10.1 Å². The van der Waals surface area contributed by atoms with Crippen LogP contribution in [-0.2, 0) is 25.9 Å². The summed E-state index contributed by atoms with van der Waals surface area (Å²) in [5.41, 5.74) is 2.03. The lowest BCUT2D eigenvalue weighted by molar-refractivity contribution is -0.111. The second-order valence-corrected chi connectivity index (χ2v) is 7.19. The van der Waals surface area contributed by atoms with Gasteiger partial charge >= 0.3 is 5.69 Å². The molecule has 2 aromatic carbocycles. The molecule has 8 nitrogen and oxygen atoms in total. The van der Waals surface area contributed by atoms with Gasteiger partial charge in [0.2, 0.25) is 5.91 Å². The third-order valence-corrected chi connectivity index (χ3v) is 5.09. The summed E-state index contributed by atoms with van der Waals surface area (Å²) >= 11 is 0. The van der Waals surface area contributed by atoms with Crippen LogP contribution < -0.4 is 16.6 Å². The molecule has 0 aliphatic carbocycles. The third-order valence-electron chi connectivity index (χ3n) is 5.09. The molecule has 0 spiro atoms. The Labute approximate surface area is 177 Å². The number of nitrogens with zero attached hydrogens (tertiary/aromatic N) is 4. The zero-order chi connectivity index (χ0) is 22.1. The lowest BCUT2D eigenvalue weighted by Gasteiger charge is -2.06. The van der Waals surface area contributed by atoms with Crippen molar-refractivity contribution in [3.05, 3.63) is 87.1 Å². The molecule has 2 aromatic heterocycles. The smallest absolute Gasteiger partial charge is 0.322 e. The van der Waals surface area contributed by atoms with Crippen molar-refractivity contribution in [3.63, 3.8) is 0 Å². The molecule has 1 amide bonds. The fraction of sp³-hybridized carbons (Fsp3) is 0.130. The highest BCUT2D eigenvalue weighted by Crippen LogP contribution is 2.24. The molecule has 8 heteroatoms. The Morgan fingerprint density at radius 2 is 1.68 bits per heavy atom. The molecular weight excluding hydrogens is 394 g/mol. The van der Waals surface area contributed by atoms with Gasteiger partial charge < -0.3 is 9.88 Å². The minimum atomic E-state index is -0.437. The van der Waals surface area contributed by atoms with Crippen molar-refractivity contribution in [1.82, 2.24) is 18.7 Å². The summed E-state index contributed by atoms with van der Waals surface area (Å²) in [5, 5.41) is 2.83. The van der Waals surface area contributed by atoms with Crippen LogP contribution in [-0.4, -0.2) is 24.6 Å². The maximum atomic E-state index is 12.6. The number of hydrogen-bond acceptors (Lipinski definition) is 4. The lowest BCUT2D eigenvalue weighted by atomic mass is 10.2. The highest BCUT2D eigenvalue weighted by Gasteiger charge is 2.18. The number of fused-ring (bicyclic) bond motifs is 1. The maximum Gasteiger partial charge on any atom is 0.332 e. The second-order valence-electron chi connectivity index (χ2n) is 7.19. The SMILES string of the molecule is Cn1c(=O)c2c(nc(-c3cccc(NC(=O)/C=C/c4ccccc4)c3)n2C)n(C)c1=O. The minimum absolute atomic E-state index is 0.262. The molecule has 4 rings (SSSR count). The predicted molar refractivity (Wildman–Crippen MR) is 121 cm³/mol. The van der Waals surface area contributed by atoms with Crippen molar-refractivity contribution in [2.75, 3.05) is 5.32 Å². The van der Waals surface area contributed by atoms with Crippen LogP contribution >= 0.6 is 0 Å². The Morgan fingerprint density at radius 3 is 2.42 bits per heavy atom. The van der Waals surface area contributed by atoms with E-state index in [-0.39, 0.29) is 5.91 Å². The molecule has 0 bridgehead atoms. The van der Waals surface area contributed by atoms with Crippen LogP contribution in [0, 0.1) is 0 Å². The first-order valence-corrected chi connectivity index (χ1v) is 9.64. The Morgan fingerprint density at radius 1 is 0.935 bits per heavy atom. The Bertz CT molecular complexity index is 1440. The molecule has 2 heterocycles. The Hall–Kier alpha value is -4.20. The normalized spacial score (nSPS) is 11.3. The molecule has 0 aliphatic heterocycles. The summed E-state index contributed by atoms with van der Waals surface area (Å²) in [7, 11) is 4.75. The number of benzene rings is 2. The molecule has 4 aromatic rings. The van der Waals surface area contributed by atoms with Crippen LogP contribution in [0.3, 0.4) is 0 Å². The minimum Gasteiger partial charge on any atom is -0.322 e. The first kappa shape index (κ1) is 20.1. The van der Waals surface area contributed by atoms with Crippen molar-refractivity contribution in [3.8, 4) is 11.4 Å². The van der Waals surface area contributed by atoms with Gasteiger partial charge in [-0.3, -0.25) is 18.7 Å². The van der Waals surface area contributed by atoms with Crippen molar-refractivity contribution < 1.29 is 4.79 Å². The van der Waals surface area contributed by atoms with E-state index in [9.17, 15) is 14.4 Å². The molecule has 0 atom stereocenters. The van der Waals surface area contributed by atoms with E-state index < -0.39 is 11.2 Å². The number of aryl methyl sites for hydroxylation is 2. The predicted octanol–water partition coefficient (Wildman–Crippen LogP) is 2.29. The van der Waals surface area contributed by atoms with Gasteiger partial charge in [0.25, 0.3) is 5.56 Å². The van der Waals surface area contributed by atoms with E-state index in [1.54, 1.807) is 42.9 Å². The monoisotopic (exact) mass is 415 g/mol. The van der Waals surface area contributed by atoms with Crippen LogP contribution in [0.15, 0.2) is 70.3 Å². The fourth-order valence-corrected chi connectivity index (χ4v) is 3.43. The highest BCUT2D eigenvalue weighted by molar-refractivity contribution is 6.02. The van der Waals surface area contributed by atoms with Crippen molar-refractivity contribution in [1.29, 1.82) is 0 Å².